The number of aliphatic hydroxyl groups excluding tert-OH is 1. The number of nitrogens with one attached hydrogen (secondary N) is 1. The number of hydrogen-bond acceptors (Lipinski definition) is 8. The molecule has 6 rings (SSSR count). The van der Waals surface area contributed by atoms with Gasteiger partial charge in [-0.1, -0.05) is 18.2 Å². The molecule has 0 saturated heterocycles. The molecule has 0 fully saturated rings. The number of nitrogens with zero attached hydrogens (tertiary/aromatic N) is 1. The van der Waals surface area contributed by atoms with Gasteiger partial charge in [0.2, 0.25) is 5.75 Å². The third kappa shape index (κ3) is 6.22. The topological polar surface area (TPSA) is 94.3 Å². The molecule has 0 saturated carbocycles. The highest BCUT2D eigenvalue weighted by Gasteiger charge is 2.29. The molecule has 0 spiro atoms. The Morgan fingerprint density at radius 1 is 0.826 bits per heavy atom. The van der Waals surface area contributed by atoms with Crippen LogP contribution in [0.4, 0.5) is 0 Å². The molecule has 0 aromatic heterocycles. The van der Waals surface area contributed by atoms with Crippen molar-refractivity contribution in [2.75, 3.05) is 42.0 Å². The Kier molecular flexibility index (Phi) is 9.08. The molecule has 240 valence electrons. The molecule has 0 aliphatic carbocycles. The van der Waals surface area contributed by atoms with Crippen molar-refractivity contribution < 1.29 is 38.8 Å². The van der Waals surface area contributed by atoms with Crippen molar-refractivity contribution in [1.82, 2.24) is 4.90 Å². The molecule has 2 heterocycles. The van der Waals surface area contributed by atoms with Crippen LogP contribution in [0.15, 0.2) is 66.9 Å². The van der Waals surface area contributed by atoms with Crippen molar-refractivity contribution in [1.29, 1.82) is 0 Å². The van der Waals surface area contributed by atoms with Crippen LogP contribution in [0.5, 0.6) is 46.0 Å². The van der Waals surface area contributed by atoms with Gasteiger partial charge in [-0.2, -0.15) is 0 Å². The van der Waals surface area contributed by atoms with Crippen LogP contribution in [-0.4, -0.2) is 57.1 Å². The minimum atomic E-state index is -0.0766. The summed E-state index contributed by atoms with van der Waals surface area (Å²) in [4.78, 5) is 3.54. The van der Waals surface area contributed by atoms with E-state index in [1.54, 1.807) is 33.5 Å². The van der Waals surface area contributed by atoms with Crippen molar-refractivity contribution in [3.05, 3.63) is 100 Å². The van der Waals surface area contributed by atoms with E-state index < -0.39 is 0 Å². The summed E-state index contributed by atoms with van der Waals surface area (Å²) in [6.07, 6.45) is 5.76. The van der Waals surface area contributed by atoms with Crippen LogP contribution in [0.2, 0.25) is 0 Å². The maximum atomic E-state index is 11.2. The molecule has 2 aliphatic rings. The number of quaternary nitrogens is 1. The number of phenolic OH excluding ortho intramolecular Hbond substituents is 1. The summed E-state index contributed by atoms with van der Waals surface area (Å²) in [5.74, 6) is 3.71. The first kappa shape index (κ1) is 31.3. The lowest BCUT2D eigenvalue weighted by molar-refractivity contribution is -0.839. The van der Waals surface area contributed by atoms with Crippen LogP contribution >= 0.6 is 0 Å². The molecule has 4 aromatic carbocycles. The number of likely N-dealkylation sites (N-methyl/N-ethyl adjacent to an activating group) is 1. The van der Waals surface area contributed by atoms with Gasteiger partial charge in [-0.25, -0.2) is 0 Å². The standard InChI is InChI=1S/C37H40N2O7/c1-38-14-12-26-19-35(44-5)36(41)37(29(26)21-38)46-34-20-28-25(18-32(34)43-4)13-15-39(2)30(28)16-23-6-9-27(10-7-23)45-33-17-24(22-40)8-11-31(33)42-3/h6-12,14,17-20,30,40-41H,13,15-16,21-22H2,1-5H3/p+1/t30-/m0/s1. The SMILES string of the molecule is COc1ccc(CO)cc1Oc1ccc(C[C@H]2c3cc(Oc4c(O)c(OC)cc5c4C[NH+](C)C=C5)c(OC)cc3CCN2C)cc1. The third-order valence-electron chi connectivity index (χ3n) is 8.83. The smallest absolute Gasteiger partial charge is 0.201 e. The molecule has 0 bridgehead atoms. The quantitative estimate of drug-likeness (QED) is 0.220. The summed E-state index contributed by atoms with van der Waals surface area (Å²) in [6.45, 7) is 1.50. The summed E-state index contributed by atoms with van der Waals surface area (Å²) in [5, 5.41) is 20.7. The van der Waals surface area contributed by atoms with Gasteiger partial charge < -0.3 is 38.8 Å². The minimum absolute atomic E-state index is 0.0270. The van der Waals surface area contributed by atoms with E-state index in [4.69, 9.17) is 23.7 Å². The zero-order chi connectivity index (χ0) is 32.4. The fraction of sp³-hybridized carbons (Fsp3) is 0.297. The van der Waals surface area contributed by atoms with Gasteiger partial charge in [0.25, 0.3) is 0 Å². The largest absolute Gasteiger partial charge is 0.502 e. The lowest BCUT2D eigenvalue weighted by Gasteiger charge is -2.35. The summed E-state index contributed by atoms with van der Waals surface area (Å²) >= 11 is 0. The zero-order valence-corrected chi connectivity index (χ0v) is 26.9. The number of methoxy groups -OCH3 is 3. The first-order valence-electron chi connectivity index (χ1n) is 15.4. The average molecular weight is 626 g/mol. The highest BCUT2D eigenvalue weighted by Crippen LogP contribution is 2.47. The molecule has 1 unspecified atom stereocenters. The number of aliphatic hydroxyl groups is 1. The minimum Gasteiger partial charge on any atom is -0.502 e. The molecule has 2 aliphatic heterocycles. The van der Waals surface area contributed by atoms with E-state index in [2.05, 4.69) is 49.5 Å². The van der Waals surface area contributed by atoms with Crippen LogP contribution in [0.1, 0.15) is 39.4 Å². The first-order valence-corrected chi connectivity index (χ1v) is 15.4. The van der Waals surface area contributed by atoms with Crippen LogP contribution in [0.3, 0.4) is 0 Å². The van der Waals surface area contributed by atoms with Crippen molar-refractivity contribution >= 4 is 6.08 Å². The van der Waals surface area contributed by atoms with Gasteiger partial charge in [-0.3, -0.25) is 4.90 Å². The van der Waals surface area contributed by atoms with Crippen molar-refractivity contribution in [2.24, 2.45) is 0 Å². The lowest BCUT2D eigenvalue weighted by Crippen LogP contribution is -3.03. The maximum Gasteiger partial charge on any atom is 0.201 e. The summed E-state index contributed by atoms with van der Waals surface area (Å²) in [7, 11) is 8.99. The number of fused-ring (bicyclic) bond motifs is 2. The molecule has 46 heavy (non-hydrogen) atoms. The van der Waals surface area contributed by atoms with Crippen molar-refractivity contribution in [3.8, 4) is 46.0 Å². The molecule has 3 N–H and O–H groups in total. The molecular formula is C37H41N2O7+. The van der Waals surface area contributed by atoms with E-state index >= 15 is 0 Å². The Hall–Kier alpha value is -4.70. The van der Waals surface area contributed by atoms with E-state index in [0.717, 1.165) is 47.2 Å². The molecule has 0 radical (unpaired) electrons. The van der Waals surface area contributed by atoms with Gasteiger partial charge in [-0.05, 0) is 96.2 Å². The fourth-order valence-electron chi connectivity index (χ4n) is 6.24. The summed E-state index contributed by atoms with van der Waals surface area (Å²) in [6, 6.07) is 19.5. The van der Waals surface area contributed by atoms with Gasteiger partial charge in [0, 0.05) is 12.6 Å². The maximum absolute atomic E-state index is 11.2. The first-order chi connectivity index (χ1) is 22.3. The summed E-state index contributed by atoms with van der Waals surface area (Å²) in [5.41, 5.74) is 6.15. The number of rotatable bonds is 10. The lowest BCUT2D eigenvalue weighted by atomic mass is 9.88. The van der Waals surface area contributed by atoms with Crippen LogP contribution < -0.4 is 28.6 Å². The van der Waals surface area contributed by atoms with Gasteiger partial charge in [0.1, 0.15) is 12.3 Å². The zero-order valence-electron chi connectivity index (χ0n) is 26.9. The van der Waals surface area contributed by atoms with Crippen LogP contribution in [0.25, 0.3) is 6.08 Å². The second-order valence-corrected chi connectivity index (χ2v) is 11.8. The van der Waals surface area contributed by atoms with Crippen LogP contribution in [0, 0.1) is 0 Å². The van der Waals surface area contributed by atoms with E-state index in [0.29, 0.717) is 46.8 Å². The number of hydrogen-bond donors (Lipinski definition) is 3. The normalized spacial score (nSPS) is 17.2. The number of phenols is 1. The number of benzene rings is 4. The monoisotopic (exact) mass is 625 g/mol. The van der Waals surface area contributed by atoms with Gasteiger partial charge >= 0.3 is 0 Å². The highest BCUT2D eigenvalue weighted by atomic mass is 16.5. The van der Waals surface area contributed by atoms with Crippen molar-refractivity contribution in [3.63, 3.8) is 0 Å². The number of aromatic hydroxyl groups is 1. The number of ether oxygens (including phenoxy) is 5. The molecule has 9 nitrogen and oxygen atoms in total. The molecule has 9 heteroatoms. The third-order valence-corrected chi connectivity index (χ3v) is 8.83. The highest BCUT2D eigenvalue weighted by molar-refractivity contribution is 5.68. The Bertz CT molecular complexity index is 1750. The molecule has 4 aromatic rings. The Labute approximate surface area is 269 Å². The van der Waals surface area contributed by atoms with Gasteiger partial charge in [0.15, 0.2) is 34.5 Å². The van der Waals surface area contributed by atoms with Gasteiger partial charge in [0.05, 0.1) is 46.7 Å². The van der Waals surface area contributed by atoms with Gasteiger partial charge in [-0.15, -0.1) is 0 Å². The average Bonchev–Trinajstić information content (AvgIpc) is 3.07. The fourth-order valence-corrected chi connectivity index (χ4v) is 6.24. The molecule has 2 atom stereocenters. The second kappa shape index (κ2) is 13.3. The predicted molar refractivity (Wildman–Crippen MR) is 176 cm³/mol. The summed E-state index contributed by atoms with van der Waals surface area (Å²) < 4.78 is 29.4. The Morgan fingerprint density at radius 2 is 1.54 bits per heavy atom. The van der Waals surface area contributed by atoms with E-state index in [1.807, 2.05) is 30.3 Å². The molecular weight excluding hydrogens is 584 g/mol. The van der Waals surface area contributed by atoms with Crippen LogP contribution in [-0.2, 0) is 26.0 Å². The predicted octanol–water partition coefficient (Wildman–Crippen LogP) is 5.27. The second-order valence-electron chi connectivity index (χ2n) is 11.8. The van der Waals surface area contributed by atoms with Crippen molar-refractivity contribution in [2.45, 2.75) is 32.0 Å². The Balaban J connectivity index is 1.29. The van der Waals surface area contributed by atoms with E-state index in [-0.39, 0.29) is 18.4 Å². The molecule has 0 amide bonds. The Morgan fingerprint density at radius 3 is 2.26 bits per heavy atom. The van der Waals surface area contributed by atoms with E-state index in [1.165, 1.54) is 10.5 Å². The van der Waals surface area contributed by atoms with E-state index in [9.17, 15) is 10.2 Å².